The van der Waals surface area contributed by atoms with E-state index in [-0.39, 0.29) is 5.56 Å². The molecule has 3 heterocycles. The third-order valence-electron chi connectivity index (χ3n) is 6.35. The Hall–Kier alpha value is -1.95. The minimum Gasteiger partial charge on any atom is -0.361 e. The molecule has 144 valence electrons. The van der Waals surface area contributed by atoms with Gasteiger partial charge < -0.3 is 4.52 Å². The SMILES string of the molecule is O=c1cc2c(nn1CC1CCN(Cc3cc(C4CC4)on3)CC1)CCCC2. The van der Waals surface area contributed by atoms with Gasteiger partial charge in [-0.2, -0.15) is 5.10 Å². The minimum absolute atomic E-state index is 0.0771. The maximum absolute atomic E-state index is 12.4. The lowest BCUT2D eigenvalue weighted by atomic mass is 9.95. The predicted molar refractivity (Wildman–Crippen MR) is 102 cm³/mol. The van der Waals surface area contributed by atoms with E-state index in [1.807, 2.05) is 6.07 Å². The van der Waals surface area contributed by atoms with Gasteiger partial charge in [-0.1, -0.05) is 5.16 Å². The zero-order valence-corrected chi connectivity index (χ0v) is 15.9. The highest BCUT2D eigenvalue weighted by Gasteiger charge is 2.28. The van der Waals surface area contributed by atoms with E-state index in [2.05, 4.69) is 21.2 Å². The van der Waals surface area contributed by atoms with E-state index in [1.165, 1.54) is 31.2 Å². The number of hydrogen-bond donors (Lipinski definition) is 0. The van der Waals surface area contributed by atoms with Crippen molar-refractivity contribution in [2.75, 3.05) is 13.1 Å². The number of aromatic nitrogens is 3. The fraction of sp³-hybridized carbons (Fsp3) is 0.667. The number of rotatable bonds is 5. The van der Waals surface area contributed by atoms with Crippen LogP contribution in [0.25, 0.3) is 0 Å². The van der Waals surface area contributed by atoms with Gasteiger partial charge in [-0.05, 0) is 75.9 Å². The molecule has 0 unspecified atom stereocenters. The smallest absolute Gasteiger partial charge is 0.267 e. The summed E-state index contributed by atoms with van der Waals surface area (Å²) in [7, 11) is 0. The van der Waals surface area contributed by atoms with E-state index in [0.717, 1.165) is 69.0 Å². The van der Waals surface area contributed by atoms with Crippen LogP contribution in [0.5, 0.6) is 0 Å². The second kappa shape index (κ2) is 7.23. The van der Waals surface area contributed by atoms with Crippen LogP contribution in [0, 0.1) is 5.92 Å². The van der Waals surface area contributed by atoms with Crippen molar-refractivity contribution < 1.29 is 4.52 Å². The first-order valence-electron chi connectivity index (χ1n) is 10.5. The van der Waals surface area contributed by atoms with Gasteiger partial charge >= 0.3 is 0 Å². The third kappa shape index (κ3) is 3.86. The van der Waals surface area contributed by atoms with E-state index in [4.69, 9.17) is 4.52 Å². The van der Waals surface area contributed by atoms with Gasteiger partial charge in [0.15, 0.2) is 0 Å². The molecule has 1 saturated heterocycles. The molecule has 0 radical (unpaired) electrons. The first kappa shape index (κ1) is 17.2. The van der Waals surface area contributed by atoms with E-state index in [1.54, 1.807) is 4.68 Å². The lowest BCUT2D eigenvalue weighted by molar-refractivity contribution is 0.160. The molecule has 27 heavy (non-hydrogen) atoms. The number of aryl methyl sites for hydroxylation is 2. The molecule has 6 nitrogen and oxygen atoms in total. The molecule has 0 N–H and O–H groups in total. The molecule has 0 bridgehead atoms. The summed E-state index contributed by atoms with van der Waals surface area (Å²) in [5.74, 6) is 2.23. The van der Waals surface area contributed by atoms with Gasteiger partial charge in [0.2, 0.25) is 0 Å². The van der Waals surface area contributed by atoms with Crippen LogP contribution in [-0.2, 0) is 25.9 Å². The summed E-state index contributed by atoms with van der Waals surface area (Å²) in [6, 6.07) is 3.97. The Kier molecular flexibility index (Phi) is 4.60. The maximum Gasteiger partial charge on any atom is 0.267 e. The van der Waals surface area contributed by atoms with Gasteiger partial charge in [-0.15, -0.1) is 0 Å². The fourth-order valence-electron chi connectivity index (χ4n) is 4.50. The van der Waals surface area contributed by atoms with Gasteiger partial charge in [0.05, 0.1) is 11.4 Å². The summed E-state index contributed by atoms with van der Waals surface area (Å²) < 4.78 is 7.19. The predicted octanol–water partition coefficient (Wildman–Crippen LogP) is 2.90. The van der Waals surface area contributed by atoms with Crippen LogP contribution in [0.4, 0.5) is 0 Å². The van der Waals surface area contributed by atoms with E-state index < -0.39 is 0 Å². The number of fused-ring (bicyclic) bond motifs is 1. The summed E-state index contributed by atoms with van der Waals surface area (Å²) in [6.07, 6.45) is 9.13. The lowest BCUT2D eigenvalue weighted by Crippen LogP contribution is -2.37. The van der Waals surface area contributed by atoms with Crippen molar-refractivity contribution in [3.8, 4) is 0 Å². The second-order valence-electron chi connectivity index (χ2n) is 8.56. The maximum atomic E-state index is 12.4. The van der Waals surface area contributed by atoms with Crippen molar-refractivity contribution in [3.63, 3.8) is 0 Å². The first-order chi connectivity index (χ1) is 13.2. The molecule has 0 aromatic carbocycles. The van der Waals surface area contributed by atoms with Gasteiger partial charge in [-0.3, -0.25) is 9.69 Å². The molecule has 1 aliphatic heterocycles. The molecule has 0 atom stereocenters. The van der Waals surface area contributed by atoms with Crippen LogP contribution in [-0.4, -0.2) is 32.9 Å². The van der Waals surface area contributed by atoms with Crippen LogP contribution >= 0.6 is 0 Å². The van der Waals surface area contributed by atoms with Crippen LogP contribution in [0.2, 0.25) is 0 Å². The number of likely N-dealkylation sites (tertiary alicyclic amines) is 1. The highest BCUT2D eigenvalue weighted by Crippen LogP contribution is 2.40. The molecule has 0 amide bonds. The number of nitrogens with zero attached hydrogens (tertiary/aromatic N) is 4. The van der Waals surface area contributed by atoms with E-state index in [9.17, 15) is 4.79 Å². The van der Waals surface area contributed by atoms with Gasteiger partial charge in [0, 0.05) is 31.1 Å². The summed E-state index contributed by atoms with van der Waals surface area (Å²) in [6.45, 7) is 3.74. The van der Waals surface area contributed by atoms with Crippen LogP contribution in [0.15, 0.2) is 21.5 Å². The normalized spacial score (nSPS) is 21.3. The molecular formula is C21H28N4O2. The van der Waals surface area contributed by atoms with Crippen LogP contribution in [0.3, 0.4) is 0 Å². The Balaban J connectivity index is 1.16. The third-order valence-corrected chi connectivity index (χ3v) is 6.35. The van der Waals surface area contributed by atoms with E-state index in [0.29, 0.717) is 11.8 Å². The van der Waals surface area contributed by atoms with Crippen molar-refractivity contribution in [3.05, 3.63) is 45.2 Å². The highest BCUT2D eigenvalue weighted by molar-refractivity contribution is 5.20. The molecule has 2 aromatic rings. The Morgan fingerprint density at radius 2 is 1.89 bits per heavy atom. The molecule has 5 rings (SSSR count). The van der Waals surface area contributed by atoms with Gasteiger partial charge in [-0.25, -0.2) is 4.68 Å². The molecule has 2 fully saturated rings. The fourth-order valence-corrected chi connectivity index (χ4v) is 4.50. The lowest BCUT2D eigenvalue weighted by Gasteiger charge is -2.31. The summed E-state index contributed by atoms with van der Waals surface area (Å²) >= 11 is 0. The zero-order valence-electron chi connectivity index (χ0n) is 15.9. The van der Waals surface area contributed by atoms with Crippen molar-refractivity contribution in [2.24, 2.45) is 5.92 Å². The second-order valence-corrected chi connectivity index (χ2v) is 8.56. The number of piperidine rings is 1. The Labute approximate surface area is 159 Å². The summed E-state index contributed by atoms with van der Waals surface area (Å²) in [5, 5.41) is 8.93. The molecule has 1 saturated carbocycles. The minimum atomic E-state index is 0.0771. The molecule has 3 aliphatic rings. The Morgan fingerprint density at radius 3 is 2.70 bits per heavy atom. The van der Waals surface area contributed by atoms with Crippen LogP contribution in [0.1, 0.15) is 67.2 Å². The number of hydrogen-bond acceptors (Lipinski definition) is 5. The standard InChI is InChI=1S/C21H28N4O2/c26-21-11-17-3-1-2-4-19(17)22-25(21)13-15-7-9-24(10-8-15)14-18-12-20(27-23-18)16-5-6-16/h11-12,15-16H,1-10,13-14H2. The molecular weight excluding hydrogens is 340 g/mol. The van der Waals surface area contributed by atoms with Gasteiger partial charge in [0.25, 0.3) is 5.56 Å². The average molecular weight is 368 g/mol. The molecule has 2 aromatic heterocycles. The van der Waals surface area contributed by atoms with Crippen LogP contribution < -0.4 is 5.56 Å². The largest absolute Gasteiger partial charge is 0.361 e. The summed E-state index contributed by atoms with van der Waals surface area (Å²) in [4.78, 5) is 14.9. The van der Waals surface area contributed by atoms with E-state index >= 15 is 0 Å². The van der Waals surface area contributed by atoms with Crippen molar-refractivity contribution >= 4 is 0 Å². The average Bonchev–Trinajstić information content (AvgIpc) is 3.43. The molecule has 6 heteroatoms. The highest BCUT2D eigenvalue weighted by atomic mass is 16.5. The zero-order chi connectivity index (χ0) is 18.2. The van der Waals surface area contributed by atoms with Gasteiger partial charge in [0.1, 0.15) is 5.76 Å². The quantitative estimate of drug-likeness (QED) is 0.812. The Morgan fingerprint density at radius 1 is 1.07 bits per heavy atom. The van der Waals surface area contributed by atoms with Crippen molar-refractivity contribution in [1.29, 1.82) is 0 Å². The summed E-state index contributed by atoms with van der Waals surface area (Å²) in [5.41, 5.74) is 3.46. The molecule has 0 spiro atoms. The molecule has 2 aliphatic carbocycles. The first-order valence-corrected chi connectivity index (χ1v) is 10.5. The topological polar surface area (TPSA) is 64.2 Å². The monoisotopic (exact) mass is 368 g/mol. The van der Waals surface area contributed by atoms with Crippen molar-refractivity contribution in [1.82, 2.24) is 19.8 Å². The Bertz CT molecular complexity index is 859. The van der Waals surface area contributed by atoms with Crippen molar-refractivity contribution in [2.45, 2.75) is 70.4 Å².